The van der Waals surface area contributed by atoms with Crippen molar-refractivity contribution in [1.82, 2.24) is 15.5 Å². The second-order valence-electron chi connectivity index (χ2n) is 6.04. The third-order valence-electron chi connectivity index (χ3n) is 4.10. The lowest BCUT2D eigenvalue weighted by atomic mass is 10.1. The number of methoxy groups -OCH3 is 1. The Labute approximate surface area is 178 Å². The maximum atomic E-state index is 5.46. The number of hydrogen-bond acceptors (Lipinski definition) is 5. The normalized spacial score (nSPS) is 14.6. The first-order valence-electron chi connectivity index (χ1n) is 9.20. The van der Waals surface area contributed by atoms with Gasteiger partial charge in [-0.15, -0.1) is 35.3 Å². The third kappa shape index (κ3) is 8.98. The van der Waals surface area contributed by atoms with E-state index in [9.17, 15) is 0 Å². The number of ether oxygens (including phenoxy) is 2. The van der Waals surface area contributed by atoms with E-state index in [1.54, 1.807) is 12.0 Å². The number of nitrogens with zero attached hydrogens (tertiary/aromatic N) is 2. The molecule has 26 heavy (non-hydrogen) atoms. The van der Waals surface area contributed by atoms with E-state index in [4.69, 9.17) is 9.47 Å². The van der Waals surface area contributed by atoms with Crippen molar-refractivity contribution in [2.24, 2.45) is 4.99 Å². The Bertz CT molecular complexity index is 513. The van der Waals surface area contributed by atoms with Crippen LogP contribution >= 0.6 is 35.3 Å². The molecule has 0 fully saturated rings. The molecule has 1 aliphatic heterocycles. The first-order chi connectivity index (χ1) is 12.3. The lowest BCUT2D eigenvalue weighted by Crippen LogP contribution is -2.42. The number of nitrogens with one attached hydrogen (secondary N) is 2. The van der Waals surface area contributed by atoms with Crippen LogP contribution in [-0.4, -0.2) is 70.5 Å². The number of hydrogen-bond donors (Lipinski definition) is 2. The quantitative estimate of drug-likeness (QED) is 0.213. The number of guanidine groups is 1. The topological polar surface area (TPSA) is 58.1 Å². The fourth-order valence-electron chi connectivity index (χ4n) is 2.77. The molecule has 1 aromatic heterocycles. The van der Waals surface area contributed by atoms with Crippen LogP contribution < -0.4 is 10.6 Å². The van der Waals surface area contributed by atoms with Crippen LogP contribution in [0.1, 0.15) is 23.8 Å². The third-order valence-corrected chi connectivity index (χ3v) is 5.12. The van der Waals surface area contributed by atoms with Gasteiger partial charge in [-0.05, 0) is 36.8 Å². The van der Waals surface area contributed by atoms with Crippen molar-refractivity contribution >= 4 is 41.3 Å². The molecule has 0 saturated heterocycles. The highest BCUT2D eigenvalue weighted by molar-refractivity contribution is 14.0. The first-order valence-corrected chi connectivity index (χ1v) is 10.1. The fourth-order valence-corrected chi connectivity index (χ4v) is 3.66. The summed E-state index contributed by atoms with van der Waals surface area (Å²) in [6.07, 6.45) is 2.11. The summed E-state index contributed by atoms with van der Waals surface area (Å²) in [5, 5.41) is 8.95. The van der Waals surface area contributed by atoms with Gasteiger partial charge in [0, 0.05) is 57.9 Å². The van der Waals surface area contributed by atoms with Crippen molar-refractivity contribution in [3.8, 4) is 0 Å². The van der Waals surface area contributed by atoms with Crippen LogP contribution in [0.2, 0.25) is 0 Å². The molecular weight excluding hydrogens is 463 g/mol. The Hall–Kier alpha value is -0.420. The van der Waals surface area contributed by atoms with Gasteiger partial charge in [-0.3, -0.25) is 9.89 Å². The lowest BCUT2D eigenvalue weighted by molar-refractivity contribution is 0.0702. The van der Waals surface area contributed by atoms with E-state index >= 15 is 0 Å². The maximum absolute atomic E-state index is 5.46. The van der Waals surface area contributed by atoms with Crippen molar-refractivity contribution in [2.75, 3.05) is 59.7 Å². The highest BCUT2D eigenvalue weighted by Crippen LogP contribution is 2.23. The summed E-state index contributed by atoms with van der Waals surface area (Å²) in [6.45, 7) is 9.94. The van der Waals surface area contributed by atoms with Gasteiger partial charge in [-0.25, -0.2) is 0 Å². The zero-order valence-electron chi connectivity index (χ0n) is 16.0. The molecule has 6 nitrogen and oxygen atoms in total. The molecule has 150 valence electrons. The molecule has 2 N–H and O–H groups in total. The Morgan fingerprint density at radius 1 is 1.31 bits per heavy atom. The highest BCUT2D eigenvalue weighted by Gasteiger charge is 2.16. The zero-order chi connectivity index (χ0) is 17.7. The van der Waals surface area contributed by atoms with Crippen molar-refractivity contribution in [3.05, 3.63) is 21.9 Å². The molecule has 0 atom stereocenters. The lowest BCUT2D eigenvalue weighted by Gasteiger charge is -2.27. The Morgan fingerprint density at radius 3 is 3.00 bits per heavy atom. The van der Waals surface area contributed by atoms with Gasteiger partial charge < -0.3 is 20.1 Å². The van der Waals surface area contributed by atoms with Crippen LogP contribution in [0.5, 0.6) is 0 Å². The number of fused-ring (bicyclic) bond motifs is 1. The number of thiophene rings is 1. The molecule has 0 aromatic carbocycles. The molecule has 0 bridgehead atoms. The summed E-state index contributed by atoms with van der Waals surface area (Å²) in [4.78, 5) is 8.68. The van der Waals surface area contributed by atoms with Crippen molar-refractivity contribution in [2.45, 2.75) is 26.3 Å². The van der Waals surface area contributed by atoms with Gasteiger partial charge in [-0.2, -0.15) is 0 Å². The maximum Gasteiger partial charge on any atom is 0.191 e. The molecule has 0 amide bonds. The molecule has 1 aromatic rings. The highest BCUT2D eigenvalue weighted by atomic mass is 127. The standard InChI is InChI=1S/C18H32N4O2S.HI/c1-3-19-18(20-7-4-11-24-13-12-23-2)21-8-10-22-9-5-17-16(15-22)6-14-25-17;/h6,14H,3-5,7-13,15H2,1-2H3,(H2,19,20,21);1H. The Kier molecular flexibility index (Phi) is 13.3. The largest absolute Gasteiger partial charge is 0.382 e. The van der Waals surface area contributed by atoms with E-state index in [1.807, 2.05) is 11.3 Å². The second-order valence-corrected chi connectivity index (χ2v) is 7.04. The van der Waals surface area contributed by atoms with E-state index in [0.717, 1.165) is 58.3 Å². The van der Waals surface area contributed by atoms with Crippen LogP contribution in [0, 0.1) is 0 Å². The Balaban J connectivity index is 0.00000338. The molecule has 0 saturated carbocycles. The minimum atomic E-state index is 0. The number of halogens is 1. The fraction of sp³-hybridized carbons (Fsp3) is 0.722. The molecule has 2 rings (SSSR count). The first kappa shape index (κ1) is 23.6. The van der Waals surface area contributed by atoms with E-state index in [-0.39, 0.29) is 24.0 Å². The molecule has 8 heteroatoms. The van der Waals surface area contributed by atoms with Crippen LogP contribution in [0.15, 0.2) is 16.4 Å². The second kappa shape index (κ2) is 14.6. The van der Waals surface area contributed by atoms with Crippen LogP contribution in [-0.2, 0) is 22.4 Å². The summed E-state index contributed by atoms with van der Waals surface area (Å²) in [6, 6.07) is 2.26. The summed E-state index contributed by atoms with van der Waals surface area (Å²) in [5.74, 6) is 0.896. The van der Waals surface area contributed by atoms with E-state index in [0.29, 0.717) is 13.2 Å². The smallest absolute Gasteiger partial charge is 0.191 e. The van der Waals surface area contributed by atoms with Gasteiger partial charge >= 0.3 is 0 Å². The van der Waals surface area contributed by atoms with Crippen LogP contribution in [0.3, 0.4) is 0 Å². The average molecular weight is 496 g/mol. The van der Waals surface area contributed by atoms with E-state index in [1.165, 1.54) is 12.0 Å². The van der Waals surface area contributed by atoms with Gasteiger partial charge in [0.15, 0.2) is 5.96 Å². The van der Waals surface area contributed by atoms with Gasteiger partial charge in [0.2, 0.25) is 0 Å². The van der Waals surface area contributed by atoms with E-state index in [2.05, 4.69) is 38.9 Å². The Morgan fingerprint density at radius 2 is 2.19 bits per heavy atom. The zero-order valence-corrected chi connectivity index (χ0v) is 19.1. The van der Waals surface area contributed by atoms with Crippen molar-refractivity contribution in [3.63, 3.8) is 0 Å². The molecular formula is C18H33IN4O2S. The molecule has 1 aliphatic rings. The predicted octanol–water partition coefficient (Wildman–Crippen LogP) is 2.33. The van der Waals surface area contributed by atoms with Gasteiger partial charge in [0.25, 0.3) is 0 Å². The summed E-state index contributed by atoms with van der Waals surface area (Å²) in [7, 11) is 1.69. The average Bonchev–Trinajstić information content (AvgIpc) is 3.08. The predicted molar refractivity (Wildman–Crippen MR) is 120 cm³/mol. The van der Waals surface area contributed by atoms with Crippen LogP contribution in [0.4, 0.5) is 0 Å². The summed E-state index contributed by atoms with van der Waals surface area (Å²) in [5.41, 5.74) is 1.50. The van der Waals surface area contributed by atoms with E-state index < -0.39 is 0 Å². The SMILES string of the molecule is CCNC(=NCCCOCCOC)NCCN1CCc2sccc2C1.I. The molecule has 2 heterocycles. The van der Waals surface area contributed by atoms with Gasteiger partial charge in [0.1, 0.15) is 0 Å². The minimum Gasteiger partial charge on any atom is -0.382 e. The molecule has 0 unspecified atom stereocenters. The van der Waals surface area contributed by atoms with Crippen LogP contribution in [0.25, 0.3) is 0 Å². The monoisotopic (exact) mass is 496 g/mol. The number of rotatable bonds is 11. The van der Waals surface area contributed by atoms with Crippen molar-refractivity contribution < 1.29 is 9.47 Å². The van der Waals surface area contributed by atoms with Gasteiger partial charge in [-0.1, -0.05) is 0 Å². The van der Waals surface area contributed by atoms with Crippen molar-refractivity contribution in [1.29, 1.82) is 0 Å². The molecule has 0 spiro atoms. The summed E-state index contributed by atoms with van der Waals surface area (Å²) < 4.78 is 10.4. The summed E-state index contributed by atoms with van der Waals surface area (Å²) >= 11 is 1.89. The minimum absolute atomic E-state index is 0. The van der Waals surface area contributed by atoms with Gasteiger partial charge in [0.05, 0.1) is 13.2 Å². The molecule has 0 radical (unpaired) electrons. The number of aliphatic imine (C=N–C) groups is 1. The molecule has 0 aliphatic carbocycles.